The number of nitrogens with one attached hydrogen (secondary N) is 1. The van der Waals surface area contributed by atoms with Crippen molar-refractivity contribution in [2.24, 2.45) is 0 Å². The van der Waals surface area contributed by atoms with Crippen molar-refractivity contribution in [3.05, 3.63) is 51.9 Å². The monoisotopic (exact) mass is 493 g/mol. The van der Waals surface area contributed by atoms with Crippen LogP contribution in [0.5, 0.6) is 11.5 Å². The molecule has 178 valence electrons. The number of halogens is 3. The molecule has 0 aromatic heterocycles. The van der Waals surface area contributed by atoms with Crippen molar-refractivity contribution in [1.29, 1.82) is 0 Å². The molecule has 1 saturated heterocycles. The molecule has 0 atom stereocenters. The number of hydrogen-bond acceptors (Lipinski definition) is 7. The van der Waals surface area contributed by atoms with E-state index in [1.807, 2.05) is 13.8 Å². The summed E-state index contributed by atoms with van der Waals surface area (Å²) in [6, 6.07) is 6.77. The van der Waals surface area contributed by atoms with Crippen molar-refractivity contribution in [3.8, 4) is 22.6 Å². The lowest BCUT2D eigenvalue weighted by atomic mass is 9.84. The maximum Gasteiger partial charge on any atom is 0.573 e. The number of amides is 2. The molecule has 2 aromatic rings. The van der Waals surface area contributed by atoms with E-state index < -0.39 is 34.6 Å². The van der Waals surface area contributed by atoms with Gasteiger partial charge in [-0.3, -0.25) is 14.9 Å². The van der Waals surface area contributed by atoms with E-state index in [-0.39, 0.29) is 28.2 Å². The highest BCUT2D eigenvalue weighted by Gasteiger charge is 2.37. The molecule has 34 heavy (non-hydrogen) atoms. The summed E-state index contributed by atoms with van der Waals surface area (Å²) in [4.78, 5) is 35.8. The Morgan fingerprint density at radius 1 is 1.18 bits per heavy atom. The quantitative estimate of drug-likeness (QED) is 0.472. The van der Waals surface area contributed by atoms with Crippen LogP contribution in [0.15, 0.2) is 35.2 Å². The van der Waals surface area contributed by atoms with Gasteiger partial charge in [0.15, 0.2) is 0 Å². The Labute approximate surface area is 196 Å². The average Bonchev–Trinajstić information content (AvgIpc) is 3.24. The Hall–Kier alpha value is -3.47. The number of fused-ring (bicyclic) bond motifs is 1. The van der Waals surface area contributed by atoms with Gasteiger partial charge in [0, 0.05) is 22.1 Å². The van der Waals surface area contributed by atoms with Gasteiger partial charge in [-0.05, 0) is 47.7 Å². The Morgan fingerprint density at radius 3 is 2.53 bits per heavy atom. The second-order valence-corrected chi connectivity index (χ2v) is 9.24. The first-order chi connectivity index (χ1) is 15.9. The number of thioether (sulfide) groups is 1. The molecule has 2 aromatic carbocycles. The first-order valence-electron chi connectivity index (χ1n) is 9.92. The largest absolute Gasteiger partial charge is 0.573 e. The fourth-order valence-electron chi connectivity index (χ4n) is 3.69. The summed E-state index contributed by atoms with van der Waals surface area (Å²) in [7, 11) is 1.20. The van der Waals surface area contributed by atoms with Crippen LogP contribution in [0.2, 0.25) is 0 Å². The molecule has 0 bridgehead atoms. The van der Waals surface area contributed by atoms with E-state index in [0.717, 1.165) is 6.07 Å². The minimum atomic E-state index is -4.98. The van der Waals surface area contributed by atoms with Gasteiger partial charge in [-0.25, -0.2) is 4.79 Å². The van der Waals surface area contributed by atoms with Crippen LogP contribution in [0.25, 0.3) is 17.2 Å². The Morgan fingerprint density at radius 2 is 1.91 bits per heavy atom. The van der Waals surface area contributed by atoms with Crippen LogP contribution in [0.1, 0.15) is 35.3 Å². The van der Waals surface area contributed by atoms with Gasteiger partial charge in [0.25, 0.3) is 11.1 Å². The molecule has 2 aliphatic rings. The van der Waals surface area contributed by atoms with Crippen molar-refractivity contribution in [1.82, 2.24) is 5.32 Å². The van der Waals surface area contributed by atoms with Gasteiger partial charge < -0.3 is 14.2 Å². The zero-order valence-electron chi connectivity index (χ0n) is 18.2. The molecule has 11 heteroatoms. The highest BCUT2D eigenvalue weighted by atomic mass is 32.2. The third-order valence-corrected chi connectivity index (χ3v) is 6.09. The SMILES string of the molecule is COC(=O)c1cc(-c2cc(/C=C3/SC(=O)NC3=O)ccc2OC(F)(F)F)c2c(c1)C(C)(C)CO2. The Bertz CT molecular complexity index is 1250. The van der Waals surface area contributed by atoms with Crippen LogP contribution in [0.3, 0.4) is 0 Å². The molecule has 4 rings (SSSR count). The summed E-state index contributed by atoms with van der Waals surface area (Å²) in [6.07, 6.45) is -3.60. The second kappa shape index (κ2) is 8.39. The van der Waals surface area contributed by atoms with Crippen molar-refractivity contribution in [2.45, 2.75) is 25.6 Å². The second-order valence-electron chi connectivity index (χ2n) is 8.22. The lowest BCUT2D eigenvalue weighted by molar-refractivity contribution is -0.274. The molecule has 0 unspecified atom stereocenters. The van der Waals surface area contributed by atoms with Crippen LogP contribution in [-0.2, 0) is 14.9 Å². The highest BCUT2D eigenvalue weighted by molar-refractivity contribution is 8.18. The first kappa shape index (κ1) is 23.7. The molecular formula is C23H18F3NO6S. The molecule has 2 amide bonds. The smallest absolute Gasteiger partial charge is 0.492 e. The van der Waals surface area contributed by atoms with Crippen LogP contribution >= 0.6 is 11.8 Å². The van der Waals surface area contributed by atoms with Gasteiger partial charge in [0.1, 0.15) is 11.5 Å². The van der Waals surface area contributed by atoms with E-state index in [1.165, 1.54) is 31.4 Å². The summed E-state index contributed by atoms with van der Waals surface area (Å²) in [5.74, 6) is -1.48. The van der Waals surface area contributed by atoms with Crippen molar-refractivity contribution in [2.75, 3.05) is 13.7 Å². The number of benzene rings is 2. The Kier molecular flexibility index (Phi) is 5.84. The minimum Gasteiger partial charge on any atom is -0.492 e. The predicted molar refractivity (Wildman–Crippen MR) is 118 cm³/mol. The van der Waals surface area contributed by atoms with Gasteiger partial charge in [0.05, 0.1) is 24.2 Å². The molecule has 0 aliphatic carbocycles. The number of alkyl halides is 3. The lowest BCUT2D eigenvalue weighted by Gasteiger charge is -2.19. The fraction of sp³-hybridized carbons (Fsp3) is 0.261. The molecule has 0 radical (unpaired) electrons. The third-order valence-electron chi connectivity index (χ3n) is 5.28. The van der Waals surface area contributed by atoms with Gasteiger partial charge in [0.2, 0.25) is 0 Å². The van der Waals surface area contributed by atoms with E-state index in [9.17, 15) is 27.6 Å². The van der Waals surface area contributed by atoms with Crippen molar-refractivity contribution in [3.63, 3.8) is 0 Å². The van der Waals surface area contributed by atoms with Crippen LogP contribution < -0.4 is 14.8 Å². The number of methoxy groups -OCH3 is 1. The standard InChI is InChI=1S/C23H18F3NO6S/c1-22(2)10-32-18-14(8-12(9-15(18)22)20(29)31-3)13-6-11(4-5-16(13)33-23(24,25)26)7-17-19(28)27-21(30)34-17/h4-9H,10H2,1-3H3,(H,27,28,30)/b17-7+. The van der Waals surface area contributed by atoms with Gasteiger partial charge in [-0.1, -0.05) is 19.9 Å². The molecular weight excluding hydrogens is 475 g/mol. The number of carbonyl (C=O) groups is 3. The van der Waals surface area contributed by atoms with E-state index >= 15 is 0 Å². The first-order valence-corrected chi connectivity index (χ1v) is 10.7. The number of hydrogen-bond donors (Lipinski definition) is 1. The molecule has 1 fully saturated rings. The fourth-order valence-corrected chi connectivity index (χ4v) is 4.37. The maximum absolute atomic E-state index is 13.2. The minimum absolute atomic E-state index is 0.0129. The zero-order chi connectivity index (χ0) is 24.8. The number of rotatable bonds is 4. The molecule has 0 spiro atoms. The van der Waals surface area contributed by atoms with E-state index in [1.54, 1.807) is 6.07 Å². The maximum atomic E-state index is 13.2. The summed E-state index contributed by atoms with van der Waals surface area (Å²) in [6.45, 7) is 4.01. The number of imide groups is 1. The normalized spacial score (nSPS) is 17.9. The van der Waals surface area contributed by atoms with Gasteiger partial charge >= 0.3 is 12.3 Å². The zero-order valence-corrected chi connectivity index (χ0v) is 19.0. The Balaban J connectivity index is 1.94. The number of esters is 1. The van der Waals surface area contributed by atoms with Crippen molar-refractivity contribution < 1.29 is 41.8 Å². The van der Waals surface area contributed by atoms with Crippen LogP contribution in [0.4, 0.5) is 18.0 Å². The average molecular weight is 493 g/mol. The summed E-state index contributed by atoms with van der Waals surface area (Å²) < 4.78 is 54.5. The molecule has 1 N–H and O–H groups in total. The lowest BCUT2D eigenvalue weighted by Crippen LogP contribution is -2.18. The van der Waals surface area contributed by atoms with Gasteiger partial charge in [-0.15, -0.1) is 13.2 Å². The van der Waals surface area contributed by atoms with Crippen LogP contribution in [0, 0.1) is 0 Å². The van der Waals surface area contributed by atoms with E-state index in [4.69, 9.17) is 9.47 Å². The number of ether oxygens (including phenoxy) is 3. The summed E-state index contributed by atoms with van der Waals surface area (Å²) in [5, 5.41) is 1.57. The van der Waals surface area contributed by atoms with E-state index in [0.29, 0.717) is 28.6 Å². The molecule has 0 saturated carbocycles. The third kappa shape index (κ3) is 4.60. The molecule has 2 heterocycles. The highest BCUT2D eigenvalue weighted by Crippen LogP contribution is 2.48. The van der Waals surface area contributed by atoms with E-state index in [2.05, 4.69) is 10.1 Å². The molecule has 2 aliphatic heterocycles. The summed E-state index contributed by atoms with van der Waals surface area (Å²) in [5.41, 5.74) is 0.767. The number of carbonyl (C=O) groups excluding carboxylic acids is 3. The van der Waals surface area contributed by atoms with Gasteiger partial charge in [-0.2, -0.15) is 0 Å². The summed E-state index contributed by atoms with van der Waals surface area (Å²) >= 11 is 0.678. The van der Waals surface area contributed by atoms with Crippen LogP contribution in [-0.4, -0.2) is 37.2 Å². The topological polar surface area (TPSA) is 90.9 Å². The molecule has 7 nitrogen and oxygen atoms in total. The van der Waals surface area contributed by atoms with Crippen molar-refractivity contribution >= 4 is 35.0 Å². The predicted octanol–water partition coefficient (Wildman–Crippen LogP) is 5.03.